The lowest BCUT2D eigenvalue weighted by atomic mass is 10.1. The summed E-state index contributed by atoms with van der Waals surface area (Å²) >= 11 is 0. The van der Waals surface area contributed by atoms with Crippen molar-refractivity contribution in [1.29, 1.82) is 0 Å². The minimum atomic E-state index is -3.12. The average molecular weight is 220 g/mol. The van der Waals surface area contributed by atoms with Crippen LogP contribution in [0.2, 0.25) is 0 Å². The highest BCUT2D eigenvalue weighted by atomic mass is 32.2. The summed E-state index contributed by atoms with van der Waals surface area (Å²) in [5, 5.41) is 0. The first kappa shape index (κ1) is 11.9. The lowest BCUT2D eigenvalue weighted by Gasteiger charge is -2.15. The van der Waals surface area contributed by atoms with Crippen molar-refractivity contribution in [3.8, 4) is 0 Å². The molecule has 0 bridgehead atoms. The average Bonchev–Trinajstić information content (AvgIpc) is 2.31. The Hall–Kier alpha value is -0.130. The molecule has 0 atom stereocenters. The van der Waals surface area contributed by atoms with Gasteiger partial charge >= 0.3 is 0 Å². The lowest BCUT2D eigenvalue weighted by molar-refractivity contribution is 0.510. The van der Waals surface area contributed by atoms with E-state index in [2.05, 4.69) is 4.72 Å². The molecule has 1 aliphatic carbocycles. The standard InChI is InChI=1S/C9H20N2O2S/c10-7-8-14(12,13)11-9-5-3-1-2-4-6-9/h9,11H,1-8,10H2. The molecule has 0 aromatic heterocycles. The fraction of sp³-hybridized carbons (Fsp3) is 1.00. The molecule has 0 aromatic rings. The quantitative estimate of drug-likeness (QED) is 0.681. The minimum absolute atomic E-state index is 0.0451. The Labute approximate surface area is 86.3 Å². The lowest BCUT2D eigenvalue weighted by Crippen LogP contribution is -2.37. The summed E-state index contributed by atoms with van der Waals surface area (Å²) in [5.41, 5.74) is 5.23. The molecule has 3 N–H and O–H groups in total. The monoisotopic (exact) mass is 220 g/mol. The van der Waals surface area contributed by atoms with Crippen LogP contribution in [0.15, 0.2) is 0 Å². The Morgan fingerprint density at radius 2 is 1.71 bits per heavy atom. The van der Waals surface area contributed by atoms with E-state index < -0.39 is 10.0 Å². The van der Waals surface area contributed by atoms with E-state index in [1.54, 1.807) is 0 Å². The molecule has 0 aromatic carbocycles. The Balaban J connectivity index is 2.41. The van der Waals surface area contributed by atoms with Crippen LogP contribution in [0.3, 0.4) is 0 Å². The largest absolute Gasteiger partial charge is 0.329 e. The summed E-state index contributed by atoms with van der Waals surface area (Å²) < 4.78 is 25.6. The zero-order valence-corrected chi connectivity index (χ0v) is 9.35. The van der Waals surface area contributed by atoms with E-state index >= 15 is 0 Å². The van der Waals surface area contributed by atoms with Gasteiger partial charge in [0.2, 0.25) is 10.0 Å². The second-order valence-corrected chi connectivity index (χ2v) is 5.79. The van der Waals surface area contributed by atoms with E-state index in [0.717, 1.165) is 25.7 Å². The number of rotatable bonds is 4. The summed E-state index contributed by atoms with van der Waals surface area (Å²) in [7, 11) is -3.12. The van der Waals surface area contributed by atoms with Crippen molar-refractivity contribution >= 4 is 10.0 Å². The van der Waals surface area contributed by atoms with Gasteiger partial charge in [-0.05, 0) is 12.8 Å². The van der Waals surface area contributed by atoms with E-state index in [0.29, 0.717) is 0 Å². The van der Waals surface area contributed by atoms with E-state index in [4.69, 9.17) is 5.73 Å². The number of hydrogen-bond acceptors (Lipinski definition) is 3. The third-order valence-corrected chi connectivity index (χ3v) is 4.05. The molecule has 1 rings (SSSR count). The molecule has 1 saturated carbocycles. The van der Waals surface area contributed by atoms with Crippen LogP contribution < -0.4 is 10.5 Å². The first-order chi connectivity index (χ1) is 6.64. The van der Waals surface area contributed by atoms with E-state index in [-0.39, 0.29) is 18.3 Å². The van der Waals surface area contributed by atoms with Crippen molar-refractivity contribution in [3.05, 3.63) is 0 Å². The third kappa shape index (κ3) is 4.39. The van der Waals surface area contributed by atoms with E-state index in [9.17, 15) is 8.42 Å². The van der Waals surface area contributed by atoms with Crippen LogP contribution in [0.4, 0.5) is 0 Å². The summed E-state index contributed by atoms with van der Waals surface area (Å²) in [6, 6.07) is 0.147. The van der Waals surface area contributed by atoms with Crippen molar-refractivity contribution in [3.63, 3.8) is 0 Å². The maximum absolute atomic E-state index is 11.4. The fourth-order valence-electron chi connectivity index (χ4n) is 1.87. The van der Waals surface area contributed by atoms with Gasteiger partial charge in [-0.25, -0.2) is 13.1 Å². The van der Waals surface area contributed by atoms with Gasteiger partial charge in [0.05, 0.1) is 5.75 Å². The van der Waals surface area contributed by atoms with Crippen LogP contribution in [0, 0.1) is 0 Å². The van der Waals surface area contributed by atoms with Crippen molar-refractivity contribution in [1.82, 2.24) is 4.72 Å². The van der Waals surface area contributed by atoms with Gasteiger partial charge in [-0.15, -0.1) is 0 Å². The van der Waals surface area contributed by atoms with Gasteiger partial charge < -0.3 is 5.73 Å². The van der Waals surface area contributed by atoms with Crippen molar-refractivity contribution < 1.29 is 8.42 Å². The molecule has 5 heteroatoms. The summed E-state index contributed by atoms with van der Waals surface area (Å²) in [4.78, 5) is 0. The van der Waals surface area contributed by atoms with E-state index in [1.165, 1.54) is 12.8 Å². The third-order valence-electron chi connectivity index (χ3n) is 2.59. The fourth-order valence-corrected chi connectivity index (χ4v) is 3.04. The highest BCUT2D eigenvalue weighted by Gasteiger charge is 2.18. The predicted molar refractivity (Wildman–Crippen MR) is 57.5 cm³/mol. The number of sulfonamides is 1. The first-order valence-corrected chi connectivity index (χ1v) is 6.99. The molecular weight excluding hydrogens is 200 g/mol. The summed E-state index contributed by atoms with van der Waals surface area (Å²) in [6.45, 7) is 0.196. The molecule has 0 spiro atoms. The van der Waals surface area contributed by atoms with Crippen LogP contribution in [-0.4, -0.2) is 26.8 Å². The van der Waals surface area contributed by atoms with Crippen LogP contribution in [0.5, 0.6) is 0 Å². The molecule has 1 fully saturated rings. The molecule has 0 saturated heterocycles. The molecule has 0 unspecified atom stereocenters. The molecule has 0 heterocycles. The zero-order valence-electron chi connectivity index (χ0n) is 8.54. The van der Waals surface area contributed by atoms with Gasteiger partial charge in [0.25, 0.3) is 0 Å². The highest BCUT2D eigenvalue weighted by molar-refractivity contribution is 7.89. The van der Waals surface area contributed by atoms with Crippen LogP contribution >= 0.6 is 0 Å². The first-order valence-electron chi connectivity index (χ1n) is 5.34. The molecule has 14 heavy (non-hydrogen) atoms. The summed E-state index contributed by atoms with van der Waals surface area (Å²) in [5.74, 6) is 0.0451. The smallest absolute Gasteiger partial charge is 0.213 e. The topological polar surface area (TPSA) is 72.2 Å². The molecule has 1 aliphatic rings. The second-order valence-electron chi connectivity index (χ2n) is 3.91. The Morgan fingerprint density at radius 3 is 2.21 bits per heavy atom. The van der Waals surface area contributed by atoms with Gasteiger partial charge in [-0.3, -0.25) is 0 Å². The Morgan fingerprint density at radius 1 is 1.14 bits per heavy atom. The van der Waals surface area contributed by atoms with Gasteiger partial charge in [0.1, 0.15) is 0 Å². The van der Waals surface area contributed by atoms with Gasteiger partial charge in [-0.1, -0.05) is 25.7 Å². The van der Waals surface area contributed by atoms with Crippen LogP contribution in [0.1, 0.15) is 38.5 Å². The normalized spacial score (nSPS) is 20.6. The maximum Gasteiger partial charge on any atom is 0.213 e. The molecular formula is C9H20N2O2S. The van der Waals surface area contributed by atoms with Gasteiger partial charge in [0, 0.05) is 12.6 Å². The van der Waals surface area contributed by atoms with Crippen molar-refractivity contribution in [2.45, 2.75) is 44.6 Å². The van der Waals surface area contributed by atoms with Crippen molar-refractivity contribution in [2.24, 2.45) is 5.73 Å². The highest BCUT2D eigenvalue weighted by Crippen LogP contribution is 2.17. The Bertz CT molecular complexity index is 244. The molecule has 0 radical (unpaired) electrons. The predicted octanol–water partition coefficient (Wildman–Crippen LogP) is 0.587. The molecule has 0 amide bonds. The minimum Gasteiger partial charge on any atom is -0.329 e. The Kier molecular flexibility index (Phi) is 4.84. The molecule has 84 valence electrons. The van der Waals surface area contributed by atoms with Crippen LogP contribution in [-0.2, 0) is 10.0 Å². The number of nitrogens with one attached hydrogen (secondary N) is 1. The maximum atomic E-state index is 11.4. The number of hydrogen-bond donors (Lipinski definition) is 2. The molecule has 0 aliphatic heterocycles. The van der Waals surface area contributed by atoms with Crippen LogP contribution in [0.25, 0.3) is 0 Å². The second kappa shape index (κ2) is 5.68. The van der Waals surface area contributed by atoms with Crippen molar-refractivity contribution in [2.75, 3.05) is 12.3 Å². The summed E-state index contributed by atoms with van der Waals surface area (Å²) in [6.07, 6.45) is 6.68. The van der Waals surface area contributed by atoms with E-state index in [1.807, 2.05) is 0 Å². The van der Waals surface area contributed by atoms with Gasteiger partial charge in [-0.2, -0.15) is 0 Å². The van der Waals surface area contributed by atoms with Gasteiger partial charge in [0.15, 0.2) is 0 Å². The number of nitrogens with two attached hydrogens (primary N) is 1. The molecule has 4 nitrogen and oxygen atoms in total. The SMILES string of the molecule is NCCS(=O)(=O)NC1CCCCCC1. The zero-order chi connectivity index (χ0) is 10.4.